The molecule has 0 radical (unpaired) electrons. The van der Waals surface area contributed by atoms with E-state index in [1.54, 1.807) is 30.3 Å². The van der Waals surface area contributed by atoms with Gasteiger partial charge in [0.05, 0.1) is 16.9 Å². The van der Waals surface area contributed by atoms with Crippen LogP contribution in [-0.2, 0) is 9.37 Å². The van der Waals surface area contributed by atoms with Crippen LogP contribution in [0, 0.1) is 0 Å². The summed E-state index contributed by atoms with van der Waals surface area (Å²) in [5.41, 5.74) is 0.0355. The van der Waals surface area contributed by atoms with Crippen LogP contribution in [0.3, 0.4) is 0 Å². The van der Waals surface area contributed by atoms with E-state index >= 15 is 0 Å². The maximum absolute atomic E-state index is 11.9. The Kier molecular flexibility index (Phi) is 7.76. The van der Waals surface area contributed by atoms with Crippen LogP contribution in [0.25, 0.3) is 0 Å². The van der Waals surface area contributed by atoms with Crippen LogP contribution in [0.2, 0.25) is 0 Å². The molecule has 6 nitrogen and oxygen atoms in total. The van der Waals surface area contributed by atoms with Gasteiger partial charge in [0.2, 0.25) is 0 Å². The van der Waals surface area contributed by atoms with Gasteiger partial charge in [0.15, 0.2) is 0 Å². The quantitative estimate of drug-likeness (QED) is 0.186. The minimum atomic E-state index is -0.723. The molecule has 0 atom stereocenters. The number of phenolic OH excluding ortho intramolecular Hbond substituents is 1. The van der Waals surface area contributed by atoms with Crippen molar-refractivity contribution >= 4 is 18.0 Å². The van der Waals surface area contributed by atoms with Gasteiger partial charge < -0.3 is 15.1 Å². The molecule has 0 saturated heterocycles. The van der Waals surface area contributed by atoms with E-state index in [1.165, 1.54) is 18.2 Å². The summed E-state index contributed by atoms with van der Waals surface area (Å²) in [6, 6.07) is 12.4. The fourth-order valence-electron chi connectivity index (χ4n) is 1.45. The predicted molar refractivity (Wildman–Crippen MR) is 67.5 cm³/mol. The maximum Gasteiger partial charge on any atom is 1.00 e. The largest absolute Gasteiger partial charge is 1.00 e. The molecule has 104 valence electrons. The van der Waals surface area contributed by atoms with E-state index in [0.29, 0.717) is 16.9 Å². The first-order chi connectivity index (χ1) is 9.72. The van der Waals surface area contributed by atoms with E-state index < -0.39 is 5.97 Å². The molecule has 1 N–H and O–H groups in total. The number of aromatic hydroxyl groups is 1. The third-order valence-electron chi connectivity index (χ3n) is 2.33. The van der Waals surface area contributed by atoms with Crippen molar-refractivity contribution in [3.8, 4) is 11.5 Å². The zero-order valence-corrected chi connectivity index (χ0v) is 13.8. The Bertz CT molecular complexity index is 607. The summed E-state index contributed by atoms with van der Waals surface area (Å²) in [6.07, 6.45) is 0. The number of benzene rings is 2. The van der Waals surface area contributed by atoms with Crippen molar-refractivity contribution in [1.29, 1.82) is 0 Å². The third kappa shape index (κ3) is 5.01. The Labute approximate surface area is 147 Å². The number of esters is 1. The Hall–Kier alpha value is -1.06. The molecule has 0 aliphatic heterocycles. The Morgan fingerprint density at radius 1 is 1.10 bits per heavy atom. The van der Waals surface area contributed by atoms with Crippen molar-refractivity contribution in [3.63, 3.8) is 0 Å². The molecule has 2 aromatic carbocycles. The molecule has 0 fully saturated rings. The summed E-state index contributed by atoms with van der Waals surface area (Å²) >= 11 is 0.614. The standard InChI is InChI=1S/C13H10O6S.Na/c14-10-6-2-1-5-9(10)13(15)17-11-7-3-4-8-12(11)20-19-18-16;/h1-8,14,16H;/q;+1/p-1. The molecule has 0 aliphatic rings. The van der Waals surface area contributed by atoms with Crippen molar-refractivity contribution in [2.45, 2.75) is 4.90 Å². The smallest absolute Gasteiger partial charge is 0.691 e. The van der Waals surface area contributed by atoms with Crippen LogP contribution in [0.4, 0.5) is 0 Å². The van der Waals surface area contributed by atoms with E-state index in [9.17, 15) is 15.2 Å². The zero-order valence-electron chi connectivity index (χ0n) is 11.0. The topological polar surface area (TPSA) is 88.1 Å². The van der Waals surface area contributed by atoms with Crippen LogP contribution in [-0.4, -0.2) is 11.1 Å². The number of phenols is 1. The second kappa shape index (κ2) is 9.06. The molecule has 21 heavy (non-hydrogen) atoms. The third-order valence-corrected chi connectivity index (χ3v) is 2.97. The average molecular weight is 316 g/mol. The summed E-state index contributed by atoms with van der Waals surface area (Å²) in [7, 11) is 0. The van der Waals surface area contributed by atoms with Gasteiger partial charge in [-0.25, -0.2) is 4.79 Å². The Balaban J connectivity index is 0.00000220. The first-order valence-electron chi connectivity index (χ1n) is 5.44. The molecule has 0 amide bonds. The van der Waals surface area contributed by atoms with Gasteiger partial charge in [0, 0.05) is 0 Å². The first kappa shape index (κ1) is 18.0. The fourth-order valence-corrected chi connectivity index (χ4v) is 1.88. The van der Waals surface area contributed by atoms with Crippen LogP contribution in [0.1, 0.15) is 10.4 Å². The second-order valence-electron chi connectivity index (χ2n) is 3.57. The van der Waals surface area contributed by atoms with Gasteiger partial charge in [-0.2, -0.15) is 4.33 Å². The molecule has 2 rings (SSSR count). The molecule has 0 bridgehead atoms. The number of ether oxygens (including phenoxy) is 1. The second-order valence-corrected chi connectivity index (χ2v) is 4.32. The van der Waals surface area contributed by atoms with Crippen molar-refractivity contribution in [1.82, 2.24) is 0 Å². The number of carbonyl (C=O) groups is 1. The van der Waals surface area contributed by atoms with Crippen molar-refractivity contribution in [2.24, 2.45) is 0 Å². The summed E-state index contributed by atoms with van der Waals surface area (Å²) in [5, 5.41) is 22.6. The van der Waals surface area contributed by atoms with Crippen molar-refractivity contribution in [3.05, 3.63) is 54.1 Å². The Morgan fingerprint density at radius 2 is 1.76 bits per heavy atom. The maximum atomic E-state index is 11.9. The van der Waals surface area contributed by atoms with E-state index in [1.807, 2.05) is 0 Å². The predicted octanol–water partition coefficient (Wildman–Crippen LogP) is -1.15. The first-order valence-corrected chi connectivity index (χ1v) is 6.19. The van der Waals surface area contributed by atoms with Gasteiger partial charge in [-0.15, -0.1) is 0 Å². The molecule has 2 aromatic rings. The van der Waals surface area contributed by atoms with E-state index in [-0.39, 0.29) is 46.6 Å². The average Bonchev–Trinajstić information content (AvgIpc) is 2.46. The normalized spacial score (nSPS) is 9.76. The van der Waals surface area contributed by atoms with Gasteiger partial charge in [-0.1, -0.05) is 24.3 Å². The van der Waals surface area contributed by atoms with E-state index in [0.717, 1.165) is 0 Å². The minimum absolute atomic E-state index is 0. The molecular weight excluding hydrogens is 307 g/mol. The van der Waals surface area contributed by atoms with E-state index in [2.05, 4.69) is 9.37 Å². The molecule has 0 aromatic heterocycles. The van der Waals surface area contributed by atoms with Crippen molar-refractivity contribution < 1.29 is 58.8 Å². The number of hydrogen-bond acceptors (Lipinski definition) is 7. The van der Waals surface area contributed by atoms with Gasteiger partial charge in [0.25, 0.3) is 0 Å². The van der Waals surface area contributed by atoms with Gasteiger partial charge in [-0.3, -0.25) is 5.04 Å². The molecule has 0 aliphatic carbocycles. The van der Waals surface area contributed by atoms with Crippen LogP contribution < -0.4 is 39.6 Å². The molecule has 0 saturated carbocycles. The number of hydrogen-bond donors (Lipinski definition) is 1. The van der Waals surface area contributed by atoms with Crippen LogP contribution >= 0.6 is 12.0 Å². The molecule has 8 heteroatoms. The summed E-state index contributed by atoms with van der Waals surface area (Å²) in [4.78, 5) is 12.3. The SMILES string of the molecule is O=C(Oc1ccccc1SOO[O-])c1ccccc1O.[Na+]. The monoisotopic (exact) mass is 316 g/mol. The summed E-state index contributed by atoms with van der Waals surface area (Å²) < 4.78 is 9.34. The number of para-hydroxylation sites is 2. The Morgan fingerprint density at radius 3 is 2.48 bits per heavy atom. The molecule has 0 spiro atoms. The summed E-state index contributed by atoms with van der Waals surface area (Å²) in [6.45, 7) is 0. The number of carbonyl (C=O) groups excluding carboxylic acids is 1. The van der Waals surface area contributed by atoms with E-state index in [4.69, 9.17) is 4.74 Å². The van der Waals surface area contributed by atoms with Crippen LogP contribution in [0.5, 0.6) is 11.5 Å². The van der Waals surface area contributed by atoms with Gasteiger partial charge in [-0.05, 0) is 24.3 Å². The zero-order chi connectivity index (χ0) is 14.4. The van der Waals surface area contributed by atoms with Crippen molar-refractivity contribution in [2.75, 3.05) is 0 Å². The van der Waals surface area contributed by atoms with Gasteiger partial charge in [0.1, 0.15) is 17.1 Å². The molecule has 0 heterocycles. The minimum Gasteiger partial charge on any atom is -0.691 e. The van der Waals surface area contributed by atoms with Crippen LogP contribution in [0.15, 0.2) is 53.4 Å². The molecule has 0 unspecified atom stereocenters. The molecular formula is C13H9NaO6S. The van der Waals surface area contributed by atoms with Gasteiger partial charge >= 0.3 is 35.5 Å². The summed E-state index contributed by atoms with van der Waals surface area (Å²) in [5.74, 6) is -0.719. The fraction of sp³-hybridized carbons (Fsp3) is 0. The number of rotatable bonds is 5.